The van der Waals surface area contributed by atoms with Gasteiger partial charge in [-0.15, -0.1) is 0 Å². The van der Waals surface area contributed by atoms with Gasteiger partial charge < -0.3 is 9.55 Å². The third-order valence-corrected chi connectivity index (χ3v) is 7.55. The number of benzene rings is 3. The van der Waals surface area contributed by atoms with Gasteiger partial charge in [-0.05, 0) is 79.2 Å². The van der Waals surface area contributed by atoms with Gasteiger partial charge in [0.05, 0.1) is 10.6 Å². The summed E-state index contributed by atoms with van der Waals surface area (Å²) in [5.74, 6) is -0.0158. The van der Waals surface area contributed by atoms with Gasteiger partial charge in [-0.25, -0.2) is 4.99 Å². The van der Waals surface area contributed by atoms with Crippen molar-refractivity contribution < 1.29 is 4.79 Å². The number of aryl methyl sites for hydroxylation is 1. The molecule has 0 bridgehead atoms. The number of nitrogens with zero attached hydrogens (tertiary/aromatic N) is 3. The lowest BCUT2D eigenvalue weighted by molar-refractivity contribution is -0.122. The first-order valence-electron chi connectivity index (χ1n) is 12.3. The number of amidine groups is 1. The number of nitrogens with one attached hydrogen (secondary N) is 1. The number of carbonyl (C=O) groups excluding carboxylic acids is 1. The molecule has 1 aliphatic rings. The third kappa shape index (κ3) is 4.63. The van der Waals surface area contributed by atoms with Crippen LogP contribution in [0.5, 0.6) is 0 Å². The van der Waals surface area contributed by atoms with Crippen molar-refractivity contribution in [1.29, 1.82) is 0 Å². The predicted molar refractivity (Wildman–Crippen MR) is 153 cm³/mol. The fourth-order valence-electron chi connectivity index (χ4n) is 4.71. The van der Waals surface area contributed by atoms with Gasteiger partial charge in [0.25, 0.3) is 5.91 Å². The highest BCUT2D eigenvalue weighted by molar-refractivity contribution is 8.18. The van der Waals surface area contributed by atoms with Gasteiger partial charge in [0.2, 0.25) is 0 Å². The largest absolute Gasteiger partial charge is 0.361 e. The molecule has 5 aromatic rings. The lowest BCUT2D eigenvalue weighted by Gasteiger charge is -2.15. The monoisotopic (exact) mass is 502 g/mol. The van der Waals surface area contributed by atoms with Crippen LogP contribution < -0.4 is 0 Å². The number of aliphatic imine (C=N–C) groups is 1. The van der Waals surface area contributed by atoms with Gasteiger partial charge in [-0.1, -0.05) is 54.6 Å². The molecule has 0 atom stereocenters. The van der Waals surface area contributed by atoms with Crippen LogP contribution in [-0.4, -0.2) is 32.1 Å². The Kier molecular flexibility index (Phi) is 6.25. The number of carbonyl (C=O) groups is 1. The molecular formula is C31H26N4OS. The number of aromatic amines is 1. The molecule has 3 heterocycles. The van der Waals surface area contributed by atoms with E-state index >= 15 is 0 Å². The Hall–Kier alpha value is -4.29. The fraction of sp³-hybridized carbons (Fsp3) is 0.0968. The van der Waals surface area contributed by atoms with Gasteiger partial charge in [0.1, 0.15) is 0 Å². The molecule has 1 amide bonds. The smallest absolute Gasteiger partial charge is 0.266 e. The van der Waals surface area contributed by atoms with Crippen LogP contribution in [0.4, 0.5) is 5.69 Å². The summed E-state index contributed by atoms with van der Waals surface area (Å²) in [4.78, 5) is 24.4. The van der Waals surface area contributed by atoms with Crippen LogP contribution in [0.15, 0.2) is 113 Å². The van der Waals surface area contributed by atoms with E-state index in [2.05, 4.69) is 52.9 Å². The minimum absolute atomic E-state index is 0.0158. The SMILES string of the molecule is Cc1ccc(/C=C2\SC(=Nc3ccccc3)N(CCc3c[nH]c4ccccc34)C2=O)n1-c1ccccc1. The van der Waals surface area contributed by atoms with E-state index in [0.717, 1.165) is 34.7 Å². The molecule has 0 spiro atoms. The zero-order chi connectivity index (χ0) is 25.2. The number of rotatable bonds is 6. The average Bonchev–Trinajstić information content (AvgIpc) is 3.60. The summed E-state index contributed by atoms with van der Waals surface area (Å²) < 4.78 is 2.17. The number of H-pyrrole nitrogens is 1. The molecule has 2 aromatic heterocycles. The van der Waals surface area contributed by atoms with Gasteiger partial charge in [-0.3, -0.25) is 9.69 Å². The maximum atomic E-state index is 13.7. The van der Waals surface area contributed by atoms with Gasteiger partial charge in [-0.2, -0.15) is 0 Å². The Labute approximate surface area is 220 Å². The second-order valence-corrected chi connectivity index (χ2v) is 9.99. The quantitative estimate of drug-likeness (QED) is 0.252. The zero-order valence-electron chi connectivity index (χ0n) is 20.5. The second kappa shape index (κ2) is 9.99. The van der Waals surface area contributed by atoms with E-state index in [1.54, 1.807) is 0 Å². The molecule has 6 heteroatoms. The molecule has 3 aromatic carbocycles. The van der Waals surface area contributed by atoms with Crippen molar-refractivity contribution in [3.8, 4) is 5.69 Å². The van der Waals surface area contributed by atoms with Gasteiger partial charge >= 0.3 is 0 Å². The lowest BCUT2D eigenvalue weighted by atomic mass is 10.1. The highest BCUT2D eigenvalue weighted by Crippen LogP contribution is 2.35. The van der Waals surface area contributed by atoms with Crippen LogP contribution in [0.3, 0.4) is 0 Å². The zero-order valence-corrected chi connectivity index (χ0v) is 21.3. The molecule has 1 fully saturated rings. The van der Waals surface area contributed by atoms with Crippen molar-refractivity contribution in [3.63, 3.8) is 0 Å². The second-order valence-electron chi connectivity index (χ2n) is 8.98. The first kappa shape index (κ1) is 23.1. The molecule has 0 unspecified atom stereocenters. The molecule has 37 heavy (non-hydrogen) atoms. The molecule has 0 radical (unpaired) electrons. The van der Waals surface area contributed by atoms with Crippen molar-refractivity contribution in [1.82, 2.24) is 14.5 Å². The number of thioether (sulfide) groups is 1. The predicted octanol–water partition coefficient (Wildman–Crippen LogP) is 7.11. The van der Waals surface area contributed by atoms with E-state index < -0.39 is 0 Å². The Morgan fingerprint density at radius 1 is 0.892 bits per heavy atom. The van der Waals surface area contributed by atoms with Crippen LogP contribution in [-0.2, 0) is 11.2 Å². The summed E-state index contributed by atoms with van der Waals surface area (Å²) in [7, 11) is 0. The van der Waals surface area contributed by atoms with Crippen LogP contribution in [0.25, 0.3) is 22.7 Å². The minimum atomic E-state index is -0.0158. The van der Waals surface area contributed by atoms with E-state index in [1.165, 1.54) is 22.7 Å². The molecule has 5 nitrogen and oxygen atoms in total. The number of fused-ring (bicyclic) bond motifs is 1. The van der Waals surface area contributed by atoms with Gasteiger partial charge in [0, 0.05) is 40.7 Å². The normalized spacial score (nSPS) is 15.9. The lowest BCUT2D eigenvalue weighted by Crippen LogP contribution is -2.31. The number of hydrogen-bond donors (Lipinski definition) is 1. The highest BCUT2D eigenvalue weighted by Gasteiger charge is 2.33. The van der Waals surface area contributed by atoms with Crippen LogP contribution >= 0.6 is 11.8 Å². The van der Waals surface area contributed by atoms with Crippen LogP contribution in [0.1, 0.15) is 17.0 Å². The maximum Gasteiger partial charge on any atom is 0.266 e. The first-order valence-corrected chi connectivity index (χ1v) is 13.1. The highest BCUT2D eigenvalue weighted by atomic mass is 32.2. The van der Waals surface area contributed by atoms with Crippen molar-refractivity contribution in [3.05, 3.63) is 125 Å². The van der Waals surface area contributed by atoms with Crippen molar-refractivity contribution >= 4 is 45.5 Å². The summed E-state index contributed by atoms with van der Waals surface area (Å²) >= 11 is 1.44. The molecule has 6 rings (SSSR count). The first-order chi connectivity index (χ1) is 18.2. The average molecular weight is 503 g/mol. The Morgan fingerprint density at radius 2 is 1.62 bits per heavy atom. The van der Waals surface area contributed by atoms with Gasteiger partial charge in [0.15, 0.2) is 5.17 Å². The number of amides is 1. The Morgan fingerprint density at radius 3 is 2.43 bits per heavy atom. The molecule has 1 N–H and O–H groups in total. The van der Waals surface area contributed by atoms with E-state index in [1.807, 2.05) is 77.8 Å². The standard InChI is InChI=1S/C31H26N4OS/c1-22-16-17-26(35(22)25-12-6-3-7-13-25)20-29-30(36)34(31(37-29)33-24-10-4-2-5-11-24)19-18-23-21-32-28-15-9-8-14-27(23)28/h2-17,20-21,32H,18-19H2,1H3/b29-20-,33-31?. The summed E-state index contributed by atoms with van der Waals surface area (Å²) in [6.45, 7) is 2.63. The summed E-state index contributed by atoms with van der Waals surface area (Å²) in [5, 5.41) is 1.90. The summed E-state index contributed by atoms with van der Waals surface area (Å²) in [6, 6.07) is 32.4. The van der Waals surface area contributed by atoms with E-state index in [9.17, 15) is 4.79 Å². The number of hydrogen-bond acceptors (Lipinski definition) is 3. The van der Waals surface area contributed by atoms with Crippen molar-refractivity contribution in [2.24, 2.45) is 4.99 Å². The van der Waals surface area contributed by atoms with Crippen LogP contribution in [0, 0.1) is 6.92 Å². The third-order valence-electron chi connectivity index (χ3n) is 6.55. The van der Waals surface area contributed by atoms with Crippen LogP contribution in [0.2, 0.25) is 0 Å². The molecule has 1 aliphatic heterocycles. The summed E-state index contributed by atoms with van der Waals surface area (Å²) in [5.41, 5.74) is 6.29. The Balaban J connectivity index is 1.34. The summed E-state index contributed by atoms with van der Waals surface area (Å²) in [6.07, 6.45) is 4.76. The number of aromatic nitrogens is 2. The maximum absolute atomic E-state index is 13.7. The molecule has 0 saturated carbocycles. The Bertz CT molecular complexity index is 1630. The van der Waals surface area contributed by atoms with Crippen molar-refractivity contribution in [2.45, 2.75) is 13.3 Å². The molecule has 182 valence electrons. The fourth-order valence-corrected chi connectivity index (χ4v) is 5.72. The topological polar surface area (TPSA) is 53.4 Å². The molecule has 0 aliphatic carbocycles. The minimum Gasteiger partial charge on any atom is -0.361 e. The molecular weight excluding hydrogens is 476 g/mol. The van der Waals surface area contributed by atoms with E-state index in [-0.39, 0.29) is 5.91 Å². The van der Waals surface area contributed by atoms with E-state index in [0.29, 0.717) is 16.6 Å². The molecule has 1 saturated heterocycles. The van der Waals surface area contributed by atoms with Crippen molar-refractivity contribution in [2.75, 3.05) is 6.54 Å². The van der Waals surface area contributed by atoms with E-state index in [4.69, 9.17) is 4.99 Å². The number of para-hydroxylation sites is 3.